The highest BCUT2D eigenvalue weighted by molar-refractivity contribution is 7.99. The van der Waals surface area contributed by atoms with Crippen LogP contribution in [0.25, 0.3) is 11.6 Å². The van der Waals surface area contributed by atoms with Crippen molar-refractivity contribution in [1.29, 1.82) is 0 Å². The van der Waals surface area contributed by atoms with Gasteiger partial charge >= 0.3 is 0 Å². The van der Waals surface area contributed by atoms with Gasteiger partial charge in [-0.3, -0.25) is 9.36 Å². The standard InChI is InChI=1S/C27H26N4O2S/c1-27(2)21-12-7-8-13-22(21)30(3)24(27)16-20(32)18-34-26-29-28-25(23-14-9-15-33-23)31(26)17-19-10-5-4-6-11-19/h4-16H,17-18H2,1-3H3. The van der Waals surface area contributed by atoms with E-state index in [0.29, 0.717) is 23.3 Å². The Hall–Kier alpha value is -3.58. The van der Waals surface area contributed by atoms with Crippen LogP contribution in [0.2, 0.25) is 0 Å². The third-order valence-electron chi connectivity index (χ3n) is 6.22. The van der Waals surface area contributed by atoms with Gasteiger partial charge in [-0.15, -0.1) is 10.2 Å². The van der Waals surface area contributed by atoms with Crippen LogP contribution in [-0.4, -0.2) is 33.3 Å². The lowest BCUT2D eigenvalue weighted by atomic mass is 9.83. The van der Waals surface area contributed by atoms with Crippen LogP contribution in [0, 0.1) is 0 Å². The first kappa shape index (κ1) is 22.2. The minimum atomic E-state index is -0.231. The van der Waals surface area contributed by atoms with Crippen molar-refractivity contribution in [2.24, 2.45) is 0 Å². The van der Waals surface area contributed by atoms with Gasteiger partial charge in [-0.2, -0.15) is 0 Å². The Morgan fingerprint density at radius 2 is 1.79 bits per heavy atom. The quantitative estimate of drug-likeness (QED) is 0.260. The van der Waals surface area contributed by atoms with Crippen molar-refractivity contribution >= 4 is 23.2 Å². The van der Waals surface area contributed by atoms with Crippen molar-refractivity contribution < 1.29 is 9.21 Å². The maximum Gasteiger partial charge on any atom is 0.200 e. The van der Waals surface area contributed by atoms with Crippen LogP contribution in [0.1, 0.15) is 25.0 Å². The molecule has 6 nitrogen and oxygen atoms in total. The second-order valence-corrected chi connectivity index (χ2v) is 9.78. The number of hydrogen-bond donors (Lipinski definition) is 0. The maximum atomic E-state index is 13.1. The summed E-state index contributed by atoms with van der Waals surface area (Å²) in [6.45, 7) is 4.91. The first-order valence-corrected chi connectivity index (χ1v) is 12.2. The second kappa shape index (κ2) is 8.99. The number of carbonyl (C=O) groups is 1. The van der Waals surface area contributed by atoms with Gasteiger partial charge in [0.25, 0.3) is 0 Å². The molecule has 0 bridgehead atoms. The van der Waals surface area contributed by atoms with E-state index in [-0.39, 0.29) is 17.0 Å². The van der Waals surface area contributed by atoms with Gasteiger partial charge in [0.15, 0.2) is 16.7 Å². The number of aromatic nitrogens is 3. The summed E-state index contributed by atoms with van der Waals surface area (Å²) in [5.74, 6) is 1.61. The predicted octanol–water partition coefficient (Wildman–Crippen LogP) is 5.56. The number of likely N-dealkylation sites (N-methyl/N-ethyl adjacent to an activating group) is 1. The molecule has 2 aromatic carbocycles. The third-order valence-corrected chi connectivity index (χ3v) is 7.21. The number of para-hydroxylation sites is 1. The summed E-state index contributed by atoms with van der Waals surface area (Å²) in [6, 6.07) is 22.1. The van der Waals surface area contributed by atoms with Gasteiger partial charge in [-0.25, -0.2) is 0 Å². The van der Waals surface area contributed by atoms with Gasteiger partial charge in [-0.05, 0) is 29.3 Å². The molecular formula is C27H26N4O2S. The third kappa shape index (κ3) is 4.07. The summed E-state index contributed by atoms with van der Waals surface area (Å²) in [6.07, 6.45) is 3.40. The summed E-state index contributed by atoms with van der Waals surface area (Å²) in [5, 5.41) is 9.43. The van der Waals surface area contributed by atoms with E-state index in [0.717, 1.165) is 16.9 Å². The summed E-state index contributed by atoms with van der Waals surface area (Å²) in [7, 11) is 2.02. The Kier molecular flexibility index (Phi) is 5.87. The molecule has 0 amide bonds. The molecule has 1 aliphatic heterocycles. The van der Waals surface area contributed by atoms with Crippen molar-refractivity contribution in [3.63, 3.8) is 0 Å². The number of allylic oxidation sites excluding steroid dienone is 2. The molecule has 2 aromatic heterocycles. The fourth-order valence-electron chi connectivity index (χ4n) is 4.48. The monoisotopic (exact) mass is 470 g/mol. The molecule has 5 rings (SSSR count). The SMILES string of the molecule is CN1C(=CC(=O)CSc2nnc(-c3ccco3)n2Cc2ccccc2)C(C)(C)c2ccccc21. The minimum Gasteiger partial charge on any atom is -0.461 e. The van der Waals surface area contributed by atoms with Crippen molar-refractivity contribution in [2.75, 3.05) is 17.7 Å². The molecular weight excluding hydrogens is 444 g/mol. The zero-order chi connectivity index (χ0) is 23.7. The normalized spacial score (nSPS) is 15.6. The van der Waals surface area contributed by atoms with E-state index in [9.17, 15) is 4.79 Å². The average molecular weight is 471 g/mol. The summed E-state index contributed by atoms with van der Waals surface area (Å²) < 4.78 is 7.58. The van der Waals surface area contributed by atoms with Crippen LogP contribution in [0.5, 0.6) is 0 Å². The largest absolute Gasteiger partial charge is 0.461 e. The maximum absolute atomic E-state index is 13.1. The highest BCUT2D eigenvalue weighted by atomic mass is 32.2. The summed E-state index contributed by atoms with van der Waals surface area (Å²) in [5.41, 5.74) is 4.27. The highest BCUT2D eigenvalue weighted by Gasteiger charge is 2.38. The molecule has 34 heavy (non-hydrogen) atoms. The molecule has 1 aliphatic rings. The van der Waals surface area contributed by atoms with Crippen LogP contribution in [-0.2, 0) is 16.8 Å². The number of nitrogens with zero attached hydrogens (tertiary/aromatic N) is 4. The van der Waals surface area contributed by atoms with E-state index in [2.05, 4.69) is 53.2 Å². The van der Waals surface area contributed by atoms with E-state index in [1.54, 1.807) is 12.3 Å². The lowest BCUT2D eigenvalue weighted by molar-refractivity contribution is -0.112. The topological polar surface area (TPSA) is 64.2 Å². The smallest absolute Gasteiger partial charge is 0.200 e. The van der Waals surface area contributed by atoms with Gasteiger partial charge in [0.1, 0.15) is 0 Å². The average Bonchev–Trinajstić information content (AvgIpc) is 3.55. The number of benzene rings is 2. The molecule has 0 radical (unpaired) electrons. The first-order chi connectivity index (χ1) is 16.4. The fraction of sp³-hybridized carbons (Fsp3) is 0.222. The number of fused-ring (bicyclic) bond motifs is 1. The molecule has 172 valence electrons. The molecule has 0 aliphatic carbocycles. The number of thioether (sulfide) groups is 1. The van der Waals surface area contributed by atoms with E-state index in [4.69, 9.17) is 4.42 Å². The Balaban J connectivity index is 1.38. The summed E-state index contributed by atoms with van der Waals surface area (Å²) in [4.78, 5) is 15.2. The van der Waals surface area contributed by atoms with E-state index in [1.165, 1.54) is 17.3 Å². The van der Waals surface area contributed by atoms with Crippen LogP contribution >= 0.6 is 11.8 Å². The zero-order valence-corrected chi connectivity index (χ0v) is 20.2. The van der Waals surface area contributed by atoms with Gasteiger partial charge in [-0.1, -0.05) is 74.1 Å². The van der Waals surface area contributed by atoms with Crippen LogP contribution in [0.3, 0.4) is 0 Å². The molecule has 3 heterocycles. The second-order valence-electron chi connectivity index (χ2n) is 8.84. The van der Waals surface area contributed by atoms with Gasteiger partial charge < -0.3 is 9.32 Å². The first-order valence-electron chi connectivity index (χ1n) is 11.2. The van der Waals surface area contributed by atoms with Gasteiger partial charge in [0, 0.05) is 29.9 Å². The molecule has 4 aromatic rings. The molecule has 0 unspecified atom stereocenters. The number of ketones is 1. The number of hydrogen-bond acceptors (Lipinski definition) is 6. The Morgan fingerprint density at radius 3 is 2.53 bits per heavy atom. The van der Waals surface area contributed by atoms with Crippen LogP contribution < -0.4 is 4.90 Å². The van der Waals surface area contributed by atoms with Crippen LogP contribution in [0.15, 0.2) is 94.3 Å². The van der Waals surface area contributed by atoms with Crippen molar-refractivity contribution in [1.82, 2.24) is 14.8 Å². The van der Waals surface area contributed by atoms with Gasteiger partial charge in [0.2, 0.25) is 5.82 Å². The number of furan rings is 1. The Labute approximate surface area is 203 Å². The minimum absolute atomic E-state index is 0.0431. The Morgan fingerprint density at radius 1 is 1.03 bits per heavy atom. The zero-order valence-electron chi connectivity index (χ0n) is 19.4. The van der Waals surface area contributed by atoms with Crippen LogP contribution in [0.4, 0.5) is 5.69 Å². The molecule has 0 atom stereocenters. The molecule has 0 fully saturated rings. The van der Waals surface area contributed by atoms with Crippen molar-refractivity contribution in [2.45, 2.75) is 31.0 Å². The summed E-state index contributed by atoms with van der Waals surface area (Å²) >= 11 is 1.40. The lowest BCUT2D eigenvalue weighted by Crippen LogP contribution is -2.24. The van der Waals surface area contributed by atoms with Crippen molar-refractivity contribution in [3.05, 3.63) is 95.9 Å². The van der Waals surface area contributed by atoms with E-state index < -0.39 is 0 Å². The fourth-order valence-corrected chi connectivity index (χ4v) is 5.24. The molecule has 0 saturated carbocycles. The van der Waals surface area contributed by atoms with E-state index in [1.807, 2.05) is 54.1 Å². The molecule has 0 spiro atoms. The number of rotatable bonds is 7. The molecule has 7 heteroatoms. The Bertz CT molecular complexity index is 1340. The number of anilines is 1. The highest BCUT2D eigenvalue weighted by Crippen LogP contribution is 2.46. The lowest BCUT2D eigenvalue weighted by Gasteiger charge is -2.23. The molecule has 0 saturated heterocycles. The van der Waals surface area contributed by atoms with Crippen molar-refractivity contribution in [3.8, 4) is 11.6 Å². The van der Waals surface area contributed by atoms with E-state index >= 15 is 0 Å². The number of carbonyl (C=O) groups excluding carboxylic acids is 1. The van der Waals surface area contributed by atoms with Gasteiger partial charge in [0.05, 0.1) is 18.6 Å². The predicted molar refractivity (Wildman–Crippen MR) is 135 cm³/mol. The molecule has 0 N–H and O–H groups in total.